The molecule has 2 N–H and O–H groups in total. The second kappa shape index (κ2) is 8.42. The monoisotopic (exact) mass is 388 g/mol. The van der Waals surface area contributed by atoms with E-state index in [1.165, 1.54) is 23.7 Å². The highest BCUT2D eigenvalue weighted by molar-refractivity contribution is 5.76. The summed E-state index contributed by atoms with van der Waals surface area (Å²) in [5.41, 5.74) is 0.693. The number of carbonyl (C=O) groups excluding carboxylic acids is 1. The number of hydrogen-bond acceptors (Lipinski definition) is 6. The summed E-state index contributed by atoms with van der Waals surface area (Å²) in [6.07, 6.45) is 5.10. The Morgan fingerprint density at radius 1 is 1.14 bits per heavy atom. The van der Waals surface area contributed by atoms with Gasteiger partial charge in [0.2, 0.25) is 5.91 Å². The zero-order valence-electron chi connectivity index (χ0n) is 16.1. The van der Waals surface area contributed by atoms with Crippen LogP contribution >= 0.6 is 0 Å². The van der Waals surface area contributed by atoms with E-state index in [9.17, 15) is 14.7 Å². The van der Waals surface area contributed by atoms with Crippen LogP contribution < -0.4 is 5.69 Å². The summed E-state index contributed by atoms with van der Waals surface area (Å²) in [7, 11) is 0. The molecule has 1 unspecified atom stereocenters. The summed E-state index contributed by atoms with van der Waals surface area (Å²) in [6.45, 7) is 5.44. The molecular weight excluding hydrogens is 360 g/mol. The molecule has 152 valence electrons. The number of aromatic amines is 1. The predicted octanol–water partition coefficient (Wildman–Crippen LogP) is 0.0337. The lowest BCUT2D eigenvalue weighted by molar-refractivity contribution is -0.135. The van der Waals surface area contributed by atoms with E-state index in [0.29, 0.717) is 43.8 Å². The number of hydrogen-bond donors (Lipinski definition) is 2. The van der Waals surface area contributed by atoms with Crippen LogP contribution in [0.2, 0.25) is 0 Å². The van der Waals surface area contributed by atoms with Crippen LogP contribution in [0.5, 0.6) is 0 Å². The first-order valence-electron chi connectivity index (χ1n) is 10.1. The topological polar surface area (TPSA) is 97.2 Å². The van der Waals surface area contributed by atoms with Crippen molar-refractivity contribution in [3.05, 3.63) is 34.4 Å². The average molecular weight is 388 g/mol. The van der Waals surface area contributed by atoms with Crippen molar-refractivity contribution >= 4 is 11.6 Å². The van der Waals surface area contributed by atoms with Crippen LogP contribution in [-0.4, -0.2) is 86.1 Å². The standard InChI is InChI=1S/C19H28N6O3/c26-16(6-10-22-7-2-1-3-8-22)23-11-13-24(14-12-23)18(27)15-5-4-9-25-17(15)20-21-19(25)28/h4-5,9,18,27H,1-3,6-8,10-14H2,(H,21,28). The van der Waals surface area contributed by atoms with E-state index in [2.05, 4.69) is 15.1 Å². The van der Waals surface area contributed by atoms with Gasteiger partial charge >= 0.3 is 5.69 Å². The van der Waals surface area contributed by atoms with Gasteiger partial charge in [0.1, 0.15) is 6.23 Å². The summed E-state index contributed by atoms with van der Waals surface area (Å²) in [5, 5.41) is 17.2. The maximum Gasteiger partial charge on any atom is 0.347 e. The number of carbonyl (C=O) groups is 1. The van der Waals surface area contributed by atoms with Crippen molar-refractivity contribution in [2.75, 3.05) is 45.8 Å². The molecule has 4 heterocycles. The molecule has 0 radical (unpaired) electrons. The Kier molecular flexibility index (Phi) is 5.74. The number of amides is 1. The molecule has 2 aromatic rings. The zero-order valence-corrected chi connectivity index (χ0v) is 16.1. The first-order chi connectivity index (χ1) is 13.6. The van der Waals surface area contributed by atoms with Crippen LogP contribution in [0.1, 0.15) is 37.5 Å². The Morgan fingerprint density at radius 2 is 1.89 bits per heavy atom. The van der Waals surface area contributed by atoms with Crippen molar-refractivity contribution in [3.63, 3.8) is 0 Å². The maximum atomic E-state index is 12.5. The van der Waals surface area contributed by atoms with Gasteiger partial charge in [-0.3, -0.25) is 14.1 Å². The molecule has 2 aliphatic heterocycles. The summed E-state index contributed by atoms with van der Waals surface area (Å²) >= 11 is 0. The number of aromatic nitrogens is 3. The maximum absolute atomic E-state index is 12.5. The van der Waals surface area contributed by atoms with Crippen LogP contribution in [0, 0.1) is 0 Å². The summed E-state index contributed by atoms with van der Waals surface area (Å²) in [5.74, 6) is 0.195. The van der Waals surface area contributed by atoms with Crippen LogP contribution in [0.3, 0.4) is 0 Å². The van der Waals surface area contributed by atoms with Gasteiger partial charge in [-0.25, -0.2) is 9.89 Å². The molecule has 2 aromatic heterocycles. The highest BCUT2D eigenvalue weighted by Crippen LogP contribution is 2.22. The van der Waals surface area contributed by atoms with Crippen molar-refractivity contribution in [3.8, 4) is 0 Å². The van der Waals surface area contributed by atoms with E-state index in [1.54, 1.807) is 18.3 Å². The van der Waals surface area contributed by atoms with Gasteiger partial charge in [-0.15, -0.1) is 0 Å². The van der Waals surface area contributed by atoms with Gasteiger partial charge in [-0.2, -0.15) is 5.10 Å². The molecular formula is C19H28N6O3. The van der Waals surface area contributed by atoms with Gasteiger partial charge in [0.05, 0.1) is 0 Å². The minimum Gasteiger partial charge on any atom is -0.374 e. The largest absolute Gasteiger partial charge is 0.374 e. The predicted molar refractivity (Wildman–Crippen MR) is 104 cm³/mol. The van der Waals surface area contributed by atoms with Gasteiger partial charge in [-0.1, -0.05) is 6.42 Å². The van der Waals surface area contributed by atoms with Crippen molar-refractivity contribution < 1.29 is 9.90 Å². The number of H-pyrrole nitrogens is 1. The third-order valence-corrected chi connectivity index (χ3v) is 5.86. The Balaban J connectivity index is 1.32. The minimum absolute atomic E-state index is 0.195. The Morgan fingerprint density at radius 3 is 2.64 bits per heavy atom. The van der Waals surface area contributed by atoms with Gasteiger partial charge in [0.25, 0.3) is 0 Å². The number of pyridine rings is 1. The number of piperidine rings is 1. The summed E-state index contributed by atoms with van der Waals surface area (Å²) < 4.78 is 1.39. The number of piperazine rings is 1. The van der Waals surface area contributed by atoms with E-state index in [-0.39, 0.29) is 11.6 Å². The molecule has 0 bridgehead atoms. The van der Waals surface area contributed by atoms with E-state index in [0.717, 1.165) is 19.6 Å². The number of likely N-dealkylation sites (tertiary alicyclic amines) is 1. The van der Waals surface area contributed by atoms with Crippen molar-refractivity contribution in [2.24, 2.45) is 0 Å². The van der Waals surface area contributed by atoms with Crippen LogP contribution in [-0.2, 0) is 4.79 Å². The van der Waals surface area contributed by atoms with Gasteiger partial charge in [0, 0.05) is 50.9 Å². The number of rotatable bonds is 5. The lowest BCUT2D eigenvalue weighted by atomic mass is 10.1. The molecule has 1 atom stereocenters. The molecule has 0 saturated carbocycles. The molecule has 2 saturated heterocycles. The van der Waals surface area contributed by atoms with Crippen LogP contribution in [0.4, 0.5) is 0 Å². The number of aliphatic hydroxyl groups is 1. The third-order valence-electron chi connectivity index (χ3n) is 5.86. The molecule has 0 aromatic carbocycles. The van der Waals surface area contributed by atoms with E-state index in [1.807, 2.05) is 9.80 Å². The Labute approximate surface area is 163 Å². The van der Waals surface area contributed by atoms with Crippen molar-refractivity contribution in [1.82, 2.24) is 29.3 Å². The van der Waals surface area contributed by atoms with E-state index in [4.69, 9.17) is 0 Å². The Bertz CT molecular complexity index is 864. The lowest BCUT2D eigenvalue weighted by Crippen LogP contribution is -2.50. The second-order valence-corrected chi connectivity index (χ2v) is 7.63. The zero-order chi connectivity index (χ0) is 19.5. The van der Waals surface area contributed by atoms with Crippen LogP contribution in [0.25, 0.3) is 5.65 Å². The van der Waals surface area contributed by atoms with Crippen LogP contribution in [0.15, 0.2) is 23.1 Å². The number of aliphatic hydroxyl groups excluding tert-OH is 1. The highest BCUT2D eigenvalue weighted by atomic mass is 16.3. The molecule has 9 heteroatoms. The lowest BCUT2D eigenvalue weighted by Gasteiger charge is -2.37. The third kappa shape index (κ3) is 3.96. The van der Waals surface area contributed by atoms with Crippen molar-refractivity contribution in [1.29, 1.82) is 0 Å². The minimum atomic E-state index is -0.857. The first-order valence-corrected chi connectivity index (χ1v) is 10.1. The second-order valence-electron chi connectivity index (χ2n) is 7.63. The molecule has 2 fully saturated rings. The Hall–Kier alpha value is -2.23. The molecule has 1 amide bonds. The molecule has 28 heavy (non-hydrogen) atoms. The number of nitrogens with one attached hydrogen (secondary N) is 1. The van der Waals surface area contributed by atoms with E-state index < -0.39 is 6.23 Å². The fourth-order valence-electron chi connectivity index (χ4n) is 4.16. The summed E-state index contributed by atoms with van der Waals surface area (Å²) in [4.78, 5) is 30.5. The van der Waals surface area contributed by atoms with E-state index >= 15 is 0 Å². The smallest absolute Gasteiger partial charge is 0.347 e. The number of fused-ring (bicyclic) bond motifs is 1. The first kappa shape index (κ1) is 19.1. The number of nitrogens with zero attached hydrogens (tertiary/aromatic N) is 5. The van der Waals surface area contributed by atoms with Gasteiger partial charge < -0.3 is 14.9 Å². The molecule has 4 rings (SSSR count). The van der Waals surface area contributed by atoms with Gasteiger partial charge in [-0.05, 0) is 38.1 Å². The fourth-order valence-corrected chi connectivity index (χ4v) is 4.16. The van der Waals surface area contributed by atoms with Crippen molar-refractivity contribution in [2.45, 2.75) is 31.9 Å². The highest BCUT2D eigenvalue weighted by Gasteiger charge is 2.27. The SMILES string of the molecule is O=C(CCN1CCCCC1)N1CCN(C(O)c2cccn3c(=O)[nH]nc23)CC1. The molecule has 0 spiro atoms. The molecule has 9 nitrogen and oxygen atoms in total. The average Bonchev–Trinajstić information content (AvgIpc) is 3.13. The fraction of sp³-hybridized carbons (Fsp3) is 0.632. The summed E-state index contributed by atoms with van der Waals surface area (Å²) in [6, 6.07) is 3.50. The molecule has 0 aliphatic carbocycles. The van der Waals surface area contributed by atoms with Gasteiger partial charge in [0.15, 0.2) is 5.65 Å². The normalized spacial score (nSPS) is 20.5. The quantitative estimate of drug-likeness (QED) is 0.750. The molecule has 2 aliphatic rings.